The second-order valence-electron chi connectivity index (χ2n) is 3.60. The van der Waals surface area contributed by atoms with Crippen LogP contribution in [0, 0.1) is 5.92 Å². The highest BCUT2D eigenvalue weighted by Gasteiger charge is 2.24. The van der Waals surface area contributed by atoms with Crippen LogP contribution in [0.15, 0.2) is 17.5 Å². The second-order valence-corrected chi connectivity index (χ2v) is 4.64. The molecule has 0 saturated carbocycles. The number of hydrogen-bond donors (Lipinski definition) is 1. The number of carbonyl (C=O) groups excluding carboxylic acids is 2. The molecule has 0 radical (unpaired) electrons. The third kappa shape index (κ3) is 4.19. The lowest BCUT2D eigenvalue weighted by Crippen LogP contribution is -2.36. The molecule has 17 heavy (non-hydrogen) atoms. The van der Waals surface area contributed by atoms with Gasteiger partial charge in [-0.2, -0.15) is 0 Å². The molecule has 1 unspecified atom stereocenters. The Balaban J connectivity index is 2.35. The van der Waals surface area contributed by atoms with E-state index in [0.29, 0.717) is 13.0 Å². The van der Waals surface area contributed by atoms with Crippen molar-refractivity contribution in [2.24, 2.45) is 5.92 Å². The van der Waals surface area contributed by atoms with Crippen LogP contribution in [0.3, 0.4) is 0 Å². The van der Waals surface area contributed by atoms with Gasteiger partial charge in [0.05, 0.1) is 7.11 Å². The minimum atomic E-state index is -0.691. The molecule has 4 nitrogen and oxygen atoms in total. The molecule has 1 aromatic heterocycles. The monoisotopic (exact) mass is 255 g/mol. The summed E-state index contributed by atoms with van der Waals surface area (Å²) in [6, 6.07) is 4.00. The van der Waals surface area contributed by atoms with Crippen molar-refractivity contribution in [2.75, 3.05) is 13.7 Å². The minimum Gasteiger partial charge on any atom is -0.468 e. The summed E-state index contributed by atoms with van der Waals surface area (Å²) in [6.45, 7) is 2.34. The second kappa shape index (κ2) is 7.06. The Morgan fingerprint density at radius 1 is 1.53 bits per heavy atom. The van der Waals surface area contributed by atoms with Crippen LogP contribution in [0.5, 0.6) is 0 Å². The van der Waals surface area contributed by atoms with Gasteiger partial charge in [0.1, 0.15) is 5.92 Å². The van der Waals surface area contributed by atoms with Gasteiger partial charge in [-0.25, -0.2) is 0 Å². The smallest absolute Gasteiger partial charge is 0.318 e. The molecule has 1 atom stereocenters. The van der Waals surface area contributed by atoms with Crippen molar-refractivity contribution < 1.29 is 14.3 Å². The van der Waals surface area contributed by atoms with E-state index in [2.05, 4.69) is 10.1 Å². The first kappa shape index (κ1) is 13.7. The zero-order valence-electron chi connectivity index (χ0n) is 10.1. The summed E-state index contributed by atoms with van der Waals surface area (Å²) in [5.74, 6) is -1.42. The molecule has 0 aliphatic carbocycles. The van der Waals surface area contributed by atoms with E-state index >= 15 is 0 Å². The van der Waals surface area contributed by atoms with Crippen molar-refractivity contribution >= 4 is 23.2 Å². The Labute approximate surface area is 105 Å². The van der Waals surface area contributed by atoms with Gasteiger partial charge >= 0.3 is 5.97 Å². The molecule has 0 aliphatic rings. The highest BCUT2D eigenvalue weighted by Crippen LogP contribution is 2.09. The van der Waals surface area contributed by atoms with E-state index in [0.717, 1.165) is 6.42 Å². The van der Waals surface area contributed by atoms with Crippen LogP contribution in [-0.2, 0) is 20.7 Å². The first-order chi connectivity index (χ1) is 8.19. The van der Waals surface area contributed by atoms with E-state index in [1.807, 2.05) is 17.5 Å². The lowest BCUT2D eigenvalue weighted by molar-refractivity contribution is -0.150. The van der Waals surface area contributed by atoms with E-state index in [-0.39, 0.29) is 5.91 Å². The molecule has 0 bridgehead atoms. The van der Waals surface area contributed by atoms with Crippen molar-refractivity contribution in [3.63, 3.8) is 0 Å². The molecule has 1 heterocycles. The van der Waals surface area contributed by atoms with Crippen LogP contribution < -0.4 is 5.32 Å². The van der Waals surface area contributed by atoms with Gasteiger partial charge in [0, 0.05) is 11.4 Å². The highest BCUT2D eigenvalue weighted by molar-refractivity contribution is 7.09. The zero-order chi connectivity index (χ0) is 12.7. The quantitative estimate of drug-likeness (QED) is 0.620. The van der Waals surface area contributed by atoms with Crippen molar-refractivity contribution in [2.45, 2.75) is 19.8 Å². The van der Waals surface area contributed by atoms with E-state index < -0.39 is 11.9 Å². The topological polar surface area (TPSA) is 55.4 Å². The van der Waals surface area contributed by atoms with Crippen LogP contribution in [0.4, 0.5) is 0 Å². The number of methoxy groups -OCH3 is 1. The normalized spacial score (nSPS) is 11.9. The first-order valence-electron chi connectivity index (χ1n) is 5.57. The van der Waals surface area contributed by atoms with Crippen molar-refractivity contribution in [3.05, 3.63) is 22.4 Å². The number of nitrogens with one attached hydrogen (secondary N) is 1. The summed E-state index contributed by atoms with van der Waals surface area (Å²) in [5.41, 5.74) is 0. The lowest BCUT2D eigenvalue weighted by atomic mass is 10.1. The van der Waals surface area contributed by atoms with E-state index in [4.69, 9.17) is 0 Å². The average molecular weight is 255 g/mol. The number of esters is 1. The third-order valence-electron chi connectivity index (χ3n) is 2.46. The van der Waals surface area contributed by atoms with Gasteiger partial charge in [-0.15, -0.1) is 11.3 Å². The lowest BCUT2D eigenvalue weighted by Gasteiger charge is -2.12. The first-order valence-corrected chi connectivity index (χ1v) is 6.45. The van der Waals surface area contributed by atoms with Crippen molar-refractivity contribution in [1.82, 2.24) is 5.32 Å². The summed E-state index contributed by atoms with van der Waals surface area (Å²) >= 11 is 1.66. The van der Waals surface area contributed by atoms with E-state index in [1.54, 1.807) is 18.3 Å². The molecule has 1 amide bonds. The molecule has 1 N–H and O–H groups in total. The summed E-state index contributed by atoms with van der Waals surface area (Å²) < 4.78 is 4.58. The number of carbonyl (C=O) groups is 2. The van der Waals surface area contributed by atoms with E-state index in [9.17, 15) is 9.59 Å². The molecule has 0 aromatic carbocycles. The molecule has 5 heteroatoms. The van der Waals surface area contributed by atoms with Gasteiger partial charge in [0.2, 0.25) is 5.91 Å². The summed E-state index contributed by atoms with van der Waals surface area (Å²) in [6.07, 6.45) is 1.25. The van der Waals surface area contributed by atoms with Gasteiger partial charge < -0.3 is 10.1 Å². The zero-order valence-corrected chi connectivity index (χ0v) is 10.9. The standard InChI is InChI=1S/C12H17NO3S/c1-3-10(12(15)16-2)11(14)13-7-6-9-5-4-8-17-9/h4-5,8,10H,3,6-7H2,1-2H3,(H,13,14). The largest absolute Gasteiger partial charge is 0.468 e. The third-order valence-corrected chi connectivity index (χ3v) is 3.40. The van der Waals surface area contributed by atoms with E-state index in [1.165, 1.54) is 12.0 Å². The fourth-order valence-electron chi connectivity index (χ4n) is 1.49. The Morgan fingerprint density at radius 2 is 2.29 bits per heavy atom. The van der Waals surface area contributed by atoms with Crippen LogP contribution in [0.25, 0.3) is 0 Å². The number of rotatable bonds is 6. The molecule has 0 aliphatic heterocycles. The molecular weight excluding hydrogens is 238 g/mol. The Bertz CT molecular complexity index is 362. The molecule has 94 valence electrons. The molecule has 0 spiro atoms. The summed E-state index contributed by atoms with van der Waals surface area (Å²) in [4.78, 5) is 24.2. The minimum absolute atomic E-state index is 0.254. The van der Waals surface area contributed by atoms with Crippen LogP contribution in [0.2, 0.25) is 0 Å². The highest BCUT2D eigenvalue weighted by atomic mass is 32.1. The van der Waals surface area contributed by atoms with Crippen LogP contribution in [0.1, 0.15) is 18.2 Å². The fourth-order valence-corrected chi connectivity index (χ4v) is 2.20. The van der Waals surface area contributed by atoms with Crippen molar-refractivity contribution in [3.8, 4) is 0 Å². The maximum Gasteiger partial charge on any atom is 0.318 e. The average Bonchev–Trinajstić information content (AvgIpc) is 2.82. The maximum atomic E-state index is 11.7. The summed E-state index contributed by atoms with van der Waals surface area (Å²) in [7, 11) is 1.30. The molecular formula is C12H17NO3S. The molecule has 0 saturated heterocycles. The predicted octanol–water partition coefficient (Wildman–Crippen LogP) is 1.61. The molecule has 1 rings (SSSR count). The number of hydrogen-bond acceptors (Lipinski definition) is 4. The van der Waals surface area contributed by atoms with Gasteiger partial charge in [0.25, 0.3) is 0 Å². The number of ether oxygens (including phenoxy) is 1. The number of thiophene rings is 1. The Hall–Kier alpha value is -1.36. The maximum absolute atomic E-state index is 11.7. The Morgan fingerprint density at radius 3 is 2.82 bits per heavy atom. The van der Waals surface area contributed by atoms with Gasteiger partial charge in [-0.05, 0) is 24.3 Å². The summed E-state index contributed by atoms with van der Waals surface area (Å²) in [5, 5.41) is 4.75. The van der Waals surface area contributed by atoms with Gasteiger partial charge in [0.15, 0.2) is 0 Å². The van der Waals surface area contributed by atoms with Crippen molar-refractivity contribution in [1.29, 1.82) is 0 Å². The Kier molecular flexibility index (Phi) is 5.69. The molecule has 1 aromatic rings. The fraction of sp³-hybridized carbons (Fsp3) is 0.500. The van der Waals surface area contributed by atoms with Gasteiger partial charge in [-0.3, -0.25) is 9.59 Å². The van der Waals surface area contributed by atoms with Crippen LogP contribution in [-0.4, -0.2) is 25.5 Å². The van der Waals surface area contributed by atoms with Crippen LogP contribution >= 0.6 is 11.3 Å². The number of amides is 1. The SMILES string of the molecule is CCC(C(=O)NCCc1cccs1)C(=O)OC. The molecule has 0 fully saturated rings. The predicted molar refractivity (Wildman–Crippen MR) is 66.8 cm³/mol. The van der Waals surface area contributed by atoms with Gasteiger partial charge in [-0.1, -0.05) is 13.0 Å².